The van der Waals surface area contributed by atoms with Crippen molar-refractivity contribution in [1.29, 1.82) is 0 Å². The molecular formula is C9H10O4. The second-order valence-electron chi connectivity index (χ2n) is 2.84. The third-order valence-corrected chi connectivity index (χ3v) is 1.71. The summed E-state index contributed by atoms with van der Waals surface area (Å²) < 4.78 is 0. The number of carbonyl (C=O) groups is 1. The molecule has 0 spiro atoms. The van der Waals surface area contributed by atoms with Crippen molar-refractivity contribution in [3.63, 3.8) is 0 Å². The van der Waals surface area contributed by atoms with E-state index < -0.39 is 5.97 Å². The molecule has 4 heteroatoms. The molecule has 0 heterocycles. The third kappa shape index (κ3) is 2.11. The van der Waals surface area contributed by atoms with Crippen molar-refractivity contribution >= 4 is 5.97 Å². The summed E-state index contributed by atoms with van der Waals surface area (Å²) in [6.07, 6.45) is -0.291. The summed E-state index contributed by atoms with van der Waals surface area (Å²) in [7, 11) is 0. The molecule has 0 aliphatic carbocycles. The van der Waals surface area contributed by atoms with E-state index in [1.807, 2.05) is 0 Å². The fraction of sp³-hybridized carbons (Fsp3) is 0.222. The number of carboxylic acids is 1. The lowest BCUT2D eigenvalue weighted by atomic mass is 10.1. The summed E-state index contributed by atoms with van der Waals surface area (Å²) in [5.74, 6) is -1.15. The van der Waals surface area contributed by atoms with Crippen LogP contribution in [0.4, 0.5) is 0 Å². The molecule has 0 unspecified atom stereocenters. The molecule has 0 saturated heterocycles. The van der Waals surface area contributed by atoms with E-state index in [9.17, 15) is 9.90 Å². The maximum absolute atomic E-state index is 10.4. The molecule has 70 valence electrons. The van der Waals surface area contributed by atoms with Crippen LogP contribution in [0.2, 0.25) is 0 Å². The summed E-state index contributed by atoms with van der Waals surface area (Å²) in [6, 6.07) is 2.62. The van der Waals surface area contributed by atoms with Crippen LogP contribution in [-0.2, 0) is 11.2 Å². The Hall–Kier alpha value is -1.71. The first-order chi connectivity index (χ1) is 6.00. The van der Waals surface area contributed by atoms with Gasteiger partial charge in [-0.1, -0.05) is 0 Å². The van der Waals surface area contributed by atoms with Crippen LogP contribution in [0.3, 0.4) is 0 Å². The Labute approximate surface area is 75.1 Å². The SMILES string of the molecule is Cc1cc(O)cc(CC(=O)O)c1O. The largest absolute Gasteiger partial charge is 0.508 e. The molecule has 0 radical (unpaired) electrons. The highest BCUT2D eigenvalue weighted by Crippen LogP contribution is 2.27. The number of rotatable bonds is 2. The van der Waals surface area contributed by atoms with E-state index in [1.165, 1.54) is 12.1 Å². The number of aliphatic carboxylic acids is 1. The second-order valence-corrected chi connectivity index (χ2v) is 2.84. The van der Waals surface area contributed by atoms with E-state index in [4.69, 9.17) is 10.2 Å². The number of phenolic OH excluding ortho intramolecular Hbond substituents is 2. The number of phenols is 2. The zero-order valence-corrected chi connectivity index (χ0v) is 7.11. The maximum atomic E-state index is 10.4. The Bertz CT molecular complexity index is 344. The average molecular weight is 182 g/mol. The van der Waals surface area contributed by atoms with Crippen molar-refractivity contribution in [2.45, 2.75) is 13.3 Å². The molecule has 0 aliphatic rings. The zero-order valence-electron chi connectivity index (χ0n) is 7.11. The minimum absolute atomic E-state index is 0.0356. The van der Waals surface area contributed by atoms with Crippen LogP contribution in [-0.4, -0.2) is 21.3 Å². The maximum Gasteiger partial charge on any atom is 0.307 e. The molecule has 0 bridgehead atoms. The van der Waals surface area contributed by atoms with Gasteiger partial charge in [0, 0.05) is 5.56 Å². The van der Waals surface area contributed by atoms with Crippen LogP contribution in [0.15, 0.2) is 12.1 Å². The predicted octanol–water partition coefficient (Wildman–Crippen LogP) is 1.03. The lowest BCUT2D eigenvalue weighted by molar-refractivity contribution is -0.136. The molecule has 1 rings (SSSR count). The summed E-state index contributed by atoms with van der Waals surface area (Å²) in [5.41, 5.74) is 0.696. The van der Waals surface area contributed by atoms with E-state index in [0.29, 0.717) is 5.56 Å². The van der Waals surface area contributed by atoms with Gasteiger partial charge in [-0.05, 0) is 24.6 Å². The third-order valence-electron chi connectivity index (χ3n) is 1.71. The van der Waals surface area contributed by atoms with Crippen molar-refractivity contribution in [1.82, 2.24) is 0 Å². The molecular weight excluding hydrogens is 172 g/mol. The highest BCUT2D eigenvalue weighted by Gasteiger charge is 2.09. The molecule has 0 fully saturated rings. The molecule has 1 aromatic carbocycles. The molecule has 0 aromatic heterocycles. The van der Waals surface area contributed by atoms with E-state index in [0.717, 1.165) is 0 Å². The zero-order chi connectivity index (χ0) is 10.0. The summed E-state index contributed by atoms with van der Waals surface area (Å²) >= 11 is 0. The normalized spacial score (nSPS) is 9.92. The van der Waals surface area contributed by atoms with Crippen LogP contribution < -0.4 is 0 Å². The van der Waals surface area contributed by atoms with E-state index in [-0.39, 0.29) is 23.5 Å². The summed E-state index contributed by atoms with van der Waals surface area (Å²) in [4.78, 5) is 10.4. The van der Waals surface area contributed by atoms with Crippen molar-refractivity contribution in [3.8, 4) is 11.5 Å². The first-order valence-corrected chi connectivity index (χ1v) is 3.74. The van der Waals surface area contributed by atoms with Gasteiger partial charge >= 0.3 is 5.97 Å². The van der Waals surface area contributed by atoms with Crippen LogP contribution in [0.5, 0.6) is 11.5 Å². The van der Waals surface area contributed by atoms with Crippen molar-refractivity contribution in [2.75, 3.05) is 0 Å². The average Bonchev–Trinajstić information content (AvgIpc) is 1.98. The molecule has 0 amide bonds. The molecule has 3 N–H and O–H groups in total. The number of carboxylic acid groups (broad SMARTS) is 1. The van der Waals surface area contributed by atoms with Gasteiger partial charge in [-0.3, -0.25) is 4.79 Å². The van der Waals surface area contributed by atoms with Crippen LogP contribution in [0.25, 0.3) is 0 Å². The van der Waals surface area contributed by atoms with Gasteiger partial charge in [0.15, 0.2) is 0 Å². The molecule has 4 nitrogen and oxygen atoms in total. The highest BCUT2D eigenvalue weighted by atomic mass is 16.4. The van der Waals surface area contributed by atoms with Gasteiger partial charge in [0.2, 0.25) is 0 Å². The number of aryl methyl sites for hydroxylation is 1. The lowest BCUT2D eigenvalue weighted by Gasteiger charge is -2.05. The van der Waals surface area contributed by atoms with Crippen molar-refractivity contribution in [3.05, 3.63) is 23.3 Å². The topological polar surface area (TPSA) is 77.8 Å². The predicted molar refractivity (Wildman–Crippen MR) is 45.8 cm³/mol. The Morgan fingerprint density at radius 3 is 2.54 bits per heavy atom. The highest BCUT2D eigenvalue weighted by molar-refractivity contribution is 5.72. The van der Waals surface area contributed by atoms with E-state index in [2.05, 4.69) is 0 Å². The molecule has 13 heavy (non-hydrogen) atoms. The van der Waals surface area contributed by atoms with Gasteiger partial charge in [-0.15, -0.1) is 0 Å². The van der Waals surface area contributed by atoms with E-state index in [1.54, 1.807) is 6.92 Å². The molecule has 0 atom stereocenters. The fourth-order valence-corrected chi connectivity index (χ4v) is 1.13. The minimum Gasteiger partial charge on any atom is -0.508 e. The Balaban J connectivity index is 3.12. The van der Waals surface area contributed by atoms with Crippen molar-refractivity contribution < 1.29 is 20.1 Å². The fourth-order valence-electron chi connectivity index (χ4n) is 1.13. The number of hydrogen-bond donors (Lipinski definition) is 3. The Morgan fingerprint density at radius 1 is 1.38 bits per heavy atom. The number of hydrogen-bond acceptors (Lipinski definition) is 3. The lowest BCUT2D eigenvalue weighted by Crippen LogP contribution is -2.00. The summed E-state index contributed by atoms with van der Waals surface area (Å²) in [5, 5.41) is 27.0. The van der Waals surface area contributed by atoms with Gasteiger partial charge in [0.25, 0.3) is 0 Å². The summed E-state index contributed by atoms with van der Waals surface area (Å²) in [6.45, 7) is 1.60. The minimum atomic E-state index is -1.04. The van der Waals surface area contributed by atoms with Gasteiger partial charge in [-0.2, -0.15) is 0 Å². The van der Waals surface area contributed by atoms with Gasteiger partial charge in [-0.25, -0.2) is 0 Å². The first kappa shape index (κ1) is 9.38. The molecule has 0 saturated carbocycles. The monoisotopic (exact) mass is 182 g/mol. The van der Waals surface area contributed by atoms with Crippen LogP contribution in [0, 0.1) is 6.92 Å². The van der Waals surface area contributed by atoms with Gasteiger partial charge in [0.05, 0.1) is 6.42 Å². The smallest absolute Gasteiger partial charge is 0.307 e. The molecule has 1 aromatic rings. The molecule has 0 aliphatic heterocycles. The number of benzene rings is 1. The Morgan fingerprint density at radius 2 is 2.00 bits per heavy atom. The number of aromatic hydroxyl groups is 2. The standard InChI is InChI=1S/C9H10O4/c1-5-2-7(10)3-6(9(5)13)4-8(11)12/h2-3,10,13H,4H2,1H3,(H,11,12). The Kier molecular flexibility index (Phi) is 2.41. The quantitative estimate of drug-likeness (QED) is 0.597. The van der Waals surface area contributed by atoms with Gasteiger partial charge < -0.3 is 15.3 Å². The van der Waals surface area contributed by atoms with Crippen LogP contribution in [0.1, 0.15) is 11.1 Å². The van der Waals surface area contributed by atoms with Crippen LogP contribution >= 0.6 is 0 Å². The van der Waals surface area contributed by atoms with Crippen molar-refractivity contribution in [2.24, 2.45) is 0 Å². The first-order valence-electron chi connectivity index (χ1n) is 3.74. The van der Waals surface area contributed by atoms with Gasteiger partial charge in [0.1, 0.15) is 11.5 Å². The second kappa shape index (κ2) is 3.35. The van der Waals surface area contributed by atoms with E-state index >= 15 is 0 Å².